The van der Waals surface area contributed by atoms with Gasteiger partial charge in [-0.3, -0.25) is 9.69 Å². The Morgan fingerprint density at radius 1 is 1.14 bits per heavy atom. The van der Waals surface area contributed by atoms with Crippen LogP contribution in [-0.4, -0.2) is 52.2 Å². The number of hydrogen-bond donors (Lipinski definition) is 0. The second-order valence-electron chi connectivity index (χ2n) is 8.02. The zero-order valence-electron chi connectivity index (χ0n) is 16.0. The lowest BCUT2D eigenvalue weighted by atomic mass is 9.72. The molecular weight excluding hydrogens is 368 g/mol. The van der Waals surface area contributed by atoms with Gasteiger partial charge in [0.25, 0.3) is 5.91 Å². The van der Waals surface area contributed by atoms with Gasteiger partial charge in [0, 0.05) is 31.7 Å². The number of fused-ring (bicyclic) bond motifs is 2. The van der Waals surface area contributed by atoms with Gasteiger partial charge in [0.1, 0.15) is 0 Å². The van der Waals surface area contributed by atoms with Gasteiger partial charge in [-0.2, -0.15) is 16.4 Å². The molecule has 1 aromatic carbocycles. The third-order valence-electron chi connectivity index (χ3n) is 6.15. The molecule has 1 spiro atoms. The van der Waals surface area contributed by atoms with E-state index in [1.807, 2.05) is 53.2 Å². The fourth-order valence-electron chi connectivity index (χ4n) is 4.62. The standard InChI is InChI=1S/C22H24N4OS/c1-24-16-22(8-10-25(11-9-22)13-17-7-12-28-15-17)20-19(21(24)27)14-26(23-20)18-5-3-2-4-6-18/h2-7,12,14-15H,8-11,13,16H2,1H3. The highest BCUT2D eigenvalue weighted by Gasteiger charge is 2.46. The molecule has 1 fully saturated rings. The molecule has 0 aliphatic carbocycles. The van der Waals surface area contributed by atoms with Crippen LogP contribution in [0.4, 0.5) is 0 Å². The van der Waals surface area contributed by atoms with Crippen molar-refractivity contribution in [2.24, 2.45) is 0 Å². The number of carbonyl (C=O) groups is 1. The number of likely N-dealkylation sites (N-methyl/N-ethyl adjacent to an activating group) is 1. The number of aromatic nitrogens is 2. The van der Waals surface area contributed by atoms with E-state index in [0.29, 0.717) is 0 Å². The minimum Gasteiger partial charge on any atom is -0.341 e. The quantitative estimate of drug-likeness (QED) is 0.684. The molecule has 28 heavy (non-hydrogen) atoms. The number of carbonyl (C=O) groups excluding carboxylic acids is 1. The number of hydrogen-bond acceptors (Lipinski definition) is 4. The molecule has 1 amide bonds. The molecule has 6 heteroatoms. The first kappa shape index (κ1) is 17.6. The van der Waals surface area contributed by atoms with Crippen LogP contribution in [0, 0.1) is 0 Å². The minimum atomic E-state index is -0.0385. The molecule has 0 saturated carbocycles. The summed E-state index contributed by atoms with van der Waals surface area (Å²) in [5, 5.41) is 9.31. The molecule has 0 N–H and O–H groups in total. The average Bonchev–Trinajstić information content (AvgIpc) is 3.39. The Labute approximate surface area is 169 Å². The van der Waals surface area contributed by atoms with Gasteiger partial charge in [0.15, 0.2) is 0 Å². The number of amides is 1. The van der Waals surface area contributed by atoms with Gasteiger partial charge in [0.05, 0.1) is 16.9 Å². The normalized spacial score (nSPS) is 19.2. The lowest BCUT2D eigenvalue weighted by molar-refractivity contribution is 0.0628. The maximum absolute atomic E-state index is 12.8. The Morgan fingerprint density at radius 2 is 1.93 bits per heavy atom. The van der Waals surface area contributed by atoms with Crippen molar-refractivity contribution in [3.05, 3.63) is 70.2 Å². The lowest BCUT2D eigenvalue weighted by Gasteiger charge is -2.45. The van der Waals surface area contributed by atoms with E-state index in [0.717, 1.165) is 56.0 Å². The van der Waals surface area contributed by atoms with Crippen LogP contribution in [0.5, 0.6) is 0 Å². The van der Waals surface area contributed by atoms with E-state index in [1.165, 1.54) is 5.56 Å². The Balaban J connectivity index is 1.44. The molecule has 144 valence electrons. The van der Waals surface area contributed by atoms with Crippen LogP contribution in [0.3, 0.4) is 0 Å². The maximum Gasteiger partial charge on any atom is 0.257 e. The van der Waals surface area contributed by atoms with Crippen LogP contribution in [0.25, 0.3) is 5.69 Å². The van der Waals surface area contributed by atoms with Crippen LogP contribution in [0.1, 0.15) is 34.5 Å². The number of benzene rings is 1. The van der Waals surface area contributed by atoms with E-state index < -0.39 is 0 Å². The molecule has 1 saturated heterocycles. The first-order valence-electron chi connectivity index (χ1n) is 9.79. The molecule has 5 nitrogen and oxygen atoms in total. The smallest absolute Gasteiger partial charge is 0.257 e. The van der Waals surface area contributed by atoms with Crippen LogP contribution in [0.2, 0.25) is 0 Å². The molecule has 0 atom stereocenters. The van der Waals surface area contributed by atoms with Gasteiger partial charge in [-0.25, -0.2) is 4.68 Å². The van der Waals surface area contributed by atoms with Crippen molar-refractivity contribution in [1.29, 1.82) is 0 Å². The molecule has 0 unspecified atom stereocenters. The van der Waals surface area contributed by atoms with E-state index in [-0.39, 0.29) is 11.3 Å². The van der Waals surface area contributed by atoms with Crippen LogP contribution >= 0.6 is 11.3 Å². The fraction of sp³-hybridized carbons (Fsp3) is 0.364. The highest BCUT2D eigenvalue weighted by Crippen LogP contribution is 2.41. The summed E-state index contributed by atoms with van der Waals surface area (Å²) in [6.45, 7) is 3.85. The van der Waals surface area contributed by atoms with Gasteiger partial charge >= 0.3 is 0 Å². The largest absolute Gasteiger partial charge is 0.341 e. The summed E-state index contributed by atoms with van der Waals surface area (Å²) in [4.78, 5) is 17.2. The van der Waals surface area contributed by atoms with Crippen molar-refractivity contribution in [1.82, 2.24) is 19.6 Å². The fourth-order valence-corrected chi connectivity index (χ4v) is 5.28. The predicted octanol–water partition coefficient (Wildman–Crippen LogP) is 3.55. The van der Waals surface area contributed by atoms with Crippen molar-refractivity contribution in [3.8, 4) is 5.69 Å². The monoisotopic (exact) mass is 392 g/mol. The molecule has 2 aliphatic rings. The lowest BCUT2D eigenvalue weighted by Crippen LogP contribution is -2.53. The molecule has 3 aromatic rings. The first-order valence-corrected chi connectivity index (χ1v) is 10.7. The topological polar surface area (TPSA) is 41.4 Å². The summed E-state index contributed by atoms with van der Waals surface area (Å²) < 4.78 is 1.88. The van der Waals surface area contributed by atoms with Gasteiger partial charge in [0.2, 0.25) is 0 Å². The van der Waals surface area contributed by atoms with Crippen molar-refractivity contribution in [3.63, 3.8) is 0 Å². The second kappa shape index (κ2) is 6.87. The molecule has 2 aliphatic heterocycles. The molecule has 0 radical (unpaired) electrons. The highest BCUT2D eigenvalue weighted by molar-refractivity contribution is 7.07. The SMILES string of the molecule is CN1CC2(CCN(Cc3ccsc3)CC2)c2nn(-c3ccccc3)cc2C1=O. The van der Waals surface area contributed by atoms with Crippen LogP contribution in [-0.2, 0) is 12.0 Å². The molecule has 4 heterocycles. The van der Waals surface area contributed by atoms with Gasteiger partial charge < -0.3 is 4.90 Å². The predicted molar refractivity (Wildman–Crippen MR) is 111 cm³/mol. The molecule has 5 rings (SSSR count). The molecule has 2 aromatic heterocycles. The Morgan fingerprint density at radius 3 is 2.64 bits per heavy atom. The number of likely N-dealkylation sites (tertiary alicyclic amines) is 1. The molecular formula is C22H24N4OS. The summed E-state index contributed by atoms with van der Waals surface area (Å²) in [5.74, 6) is 0.0866. The summed E-state index contributed by atoms with van der Waals surface area (Å²) >= 11 is 1.76. The summed E-state index contributed by atoms with van der Waals surface area (Å²) in [6, 6.07) is 12.3. The second-order valence-corrected chi connectivity index (χ2v) is 8.80. The number of piperidine rings is 1. The van der Waals surface area contributed by atoms with E-state index in [1.54, 1.807) is 11.3 Å². The van der Waals surface area contributed by atoms with Crippen LogP contribution < -0.4 is 0 Å². The Hall–Kier alpha value is -2.44. The summed E-state index contributed by atoms with van der Waals surface area (Å²) in [6.07, 6.45) is 3.99. The van der Waals surface area contributed by atoms with E-state index in [9.17, 15) is 4.79 Å². The average molecular weight is 393 g/mol. The zero-order chi connectivity index (χ0) is 19.1. The van der Waals surface area contributed by atoms with E-state index >= 15 is 0 Å². The first-order chi connectivity index (χ1) is 13.6. The molecule has 0 bridgehead atoms. The van der Waals surface area contributed by atoms with Crippen molar-refractivity contribution in [2.75, 3.05) is 26.7 Å². The summed E-state index contributed by atoms with van der Waals surface area (Å²) in [5.41, 5.74) is 4.12. The summed E-state index contributed by atoms with van der Waals surface area (Å²) in [7, 11) is 1.92. The number of thiophene rings is 1. The van der Waals surface area contributed by atoms with E-state index in [2.05, 4.69) is 21.7 Å². The van der Waals surface area contributed by atoms with Gasteiger partial charge in [-0.05, 0) is 60.5 Å². The third kappa shape index (κ3) is 2.97. The third-order valence-corrected chi connectivity index (χ3v) is 6.89. The van der Waals surface area contributed by atoms with Crippen LogP contribution in [0.15, 0.2) is 53.4 Å². The van der Waals surface area contributed by atoms with Crippen molar-refractivity contribution >= 4 is 17.2 Å². The maximum atomic E-state index is 12.8. The van der Waals surface area contributed by atoms with Crippen molar-refractivity contribution < 1.29 is 4.79 Å². The van der Waals surface area contributed by atoms with Crippen molar-refractivity contribution in [2.45, 2.75) is 24.8 Å². The Kier molecular flexibility index (Phi) is 4.33. The van der Waals surface area contributed by atoms with E-state index in [4.69, 9.17) is 5.10 Å². The van der Waals surface area contributed by atoms with Gasteiger partial charge in [-0.1, -0.05) is 18.2 Å². The van der Waals surface area contributed by atoms with Gasteiger partial charge in [-0.15, -0.1) is 0 Å². The zero-order valence-corrected chi connectivity index (χ0v) is 16.9. The number of para-hydroxylation sites is 1. The highest BCUT2D eigenvalue weighted by atomic mass is 32.1. The Bertz CT molecular complexity index is 971. The number of nitrogens with zero attached hydrogens (tertiary/aromatic N) is 4. The minimum absolute atomic E-state index is 0.0385. The number of rotatable bonds is 3.